The predicted molar refractivity (Wildman–Crippen MR) is 85.3 cm³/mol. The van der Waals surface area contributed by atoms with E-state index in [1.165, 1.54) is 0 Å². The van der Waals surface area contributed by atoms with E-state index in [1.54, 1.807) is 0 Å². The minimum Gasteiger partial charge on any atom is -0.393 e. The van der Waals surface area contributed by atoms with E-state index in [1.807, 2.05) is 30.3 Å². The number of guanidine groups is 1. The normalized spacial score (nSPS) is 23.5. The third-order valence-electron chi connectivity index (χ3n) is 3.08. The van der Waals surface area contributed by atoms with Gasteiger partial charge in [-0.2, -0.15) is 0 Å². The van der Waals surface area contributed by atoms with Gasteiger partial charge in [0.05, 0.1) is 6.10 Å². The molecule has 4 N–H and O–H groups in total. The highest BCUT2D eigenvalue weighted by Crippen LogP contribution is 2.25. The first kappa shape index (κ1) is 15.2. The largest absolute Gasteiger partial charge is 0.393 e. The van der Waals surface area contributed by atoms with Gasteiger partial charge in [-0.05, 0) is 37.3 Å². The van der Waals surface area contributed by atoms with E-state index in [2.05, 4.69) is 10.3 Å². The average molecular weight is 361 g/mol. The van der Waals surface area contributed by atoms with Gasteiger partial charge in [0.2, 0.25) is 0 Å². The Hall–Kier alpha value is -0.820. The number of hydrogen-bond donors (Lipinski definition) is 3. The molecule has 1 aliphatic rings. The Bertz CT molecular complexity index is 383. The summed E-state index contributed by atoms with van der Waals surface area (Å²) in [5, 5.41) is 12.4. The van der Waals surface area contributed by atoms with Crippen molar-refractivity contribution < 1.29 is 5.11 Å². The molecule has 2 atom stereocenters. The summed E-state index contributed by atoms with van der Waals surface area (Å²) in [5.41, 5.74) is 6.74. The van der Waals surface area contributed by atoms with Crippen molar-refractivity contribution in [3.8, 4) is 0 Å². The number of para-hydroxylation sites is 1. The van der Waals surface area contributed by atoms with Gasteiger partial charge in [0.15, 0.2) is 5.96 Å². The Labute approximate surface area is 125 Å². The molecule has 1 aromatic rings. The van der Waals surface area contributed by atoms with Crippen LogP contribution in [0.25, 0.3) is 0 Å². The molecular formula is C13H20IN3O. The van der Waals surface area contributed by atoms with E-state index in [0.29, 0.717) is 18.4 Å². The van der Waals surface area contributed by atoms with Gasteiger partial charge in [0.1, 0.15) is 0 Å². The molecule has 1 aromatic carbocycles. The molecule has 0 aromatic heterocycles. The van der Waals surface area contributed by atoms with E-state index in [9.17, 15) is 5.11 Å². The fraction of sp³-hybridized carbons (Fsp3) is 0.462. The van der Waals surface area contributed by atoms with Crippen molar-refractivity contribution in [2.45, 2.75) is 25.4 Å². The first-order chi connectivity index (χ1) is 8.24. The van der Waals surface area contributed by atoms with Crippen LogP contribution in [-0.4, -0.2) is 23.7 Å². The predicted octanol–water partition coefficient (Wildman–Crippen LogP) is 2.19. The van der Waals surface area contributed by atoms with Crippen LogP contribution in [0.15, 0.2) is 35.3 Å². The topological polar surface area (TPSA) is 70.6 Å². The third kappa shape index (κ3) is 4.81. The second-order valence-corrected chi connectivity index (χ2v) is 4.55. The molecule has 100 valence electrons. The van der Waals surface area contributed by atoms with Gasteiger partial charge in [-0.15, -0.1) is 24.0 Å². The van der Waals surface area contributed by atoms with Crippen LogP contribution in [-0.2, 0) is 0 Å². The second-order valence-electron chi connectivity index (χ2n) is 4.55. The zero-order valence-corrected chi connectivity index (χ0v) is 12.6. The van der Waals surface area contributed by atoms with Gasteiger partial charge in [0, 0.05) is 12.2 Å². The standard InChI is InChI=1S/C13H19N3O.HI/c14-13(16-11-4-2-1-3-5-11)15-9-10-6-7-12(17)8-10;/h1-5,10,12,17H,6-9H2,(H3,14,15,16);1H. The van der Waals surface area contributed by atoms with Crippen LogP contribution in [0.5, 0.6) is 0 Å². The van der Waals surface area contributed by atoms with Gasteiger partial charge in [-0.3, -0.25) is 4.99 Å². The molecule has 2 unspecified atom stereocenters. The summed E-state index contributed by atoms with van der Waals surface area (Å²) in [4.78, 5) is 4.31. The summed E-state index contributed by atoms with van der Waals surface area (Å²) in [6.07, 6.45) is 2.65. The second kappa shape index (κ2) is 7.58. The molecule has 0 bridgehead atoms. The van der Waals surface area contributed by atoms with Crippen molar-refractivity contribution in [1.29, 1.82) is 0 Å². The van der Waals surface area contributed by atoms with E-state index < -0.39 is 0 Å². The lowest BCUT2D eigenvalue weighted by Crippen LogP contribution is -2.23. The summed E-state index contributed by atoms with van der Waals surface area (Å²) >= 11 is 0. The molecule has 18 heavy (non-hydrogen) atoms. The number of aliphatic imine (C=N–C) groups is 1. The van der Waals surface area contributed by atoms with Crippen molar-refractivity contribution in [2.75, 3.05) is 11.9 Å². The Morgan fingerprint density at radius 1 is 1.33 bits per heavy atom. The maximum Gasteiger partial charge on any atom is 0.193 e. The fourth-order valence-electron chi connectivity index (χ4n) is 2.15. The third-order valence-corrected chi connectivity index (χ3v) is 3.08. The van der Waals surface area contributed by atoms with E-state index in [0.717, 1.165) is 24.9 Å². The number of aliphatic hydroxyl groups is 1. The van der Waals surface area contributed by atoms with Crippen molar-refractivity contribution in [1.82, 2.24) is 0 Å². The Morgan fingerprint density at radius 2 is 2.06 bits per heavy atom. The SMILES string of the molecule is I.NC(=NCC1CCC(O)C1)Nc1ccccc1. The summed E-state index contributed by atoms with van der Waals surface area (Å²) in [5.74, 6) is 0.915. The highest BCUT2D eigenvalue weighted by atomic mass is 127. The van der Waals surface area contributed by atoms with Crippen LogP contribution in [0.1, 0.15) is 19.3 Å². The van der Waals surface area contributed by atoms with Gasteiger partial charge in [-0.25, -0.2) is 0 Å². The van der Waals surface area contributed by atoms with Gasteiger partial charge >= 0.3 is 0 Å². The van der Waals surface area contributed by atoms with E-state index in [4.69, 9.17) is 5.73 Å². The molecule has 0 heterocycles. The molecule has 0 amide bonds. The molecule has 4 nitrogen and oxygen atoms in total. The number of nitrogens with zero attached hydrogens (tertiary/aromatic N) is 1. The van der Waals surface area contributed by atoms with Gasteiger partial charge < -0.3 is 16.2 Å². The molecule has 1 fully saturated rings. The minimum absolute atomic E-state index is 0. The van der Waals surface area contributed by atoms with Crippen LogP contribution in [0.4, 0.5) is 5.69 Å². The maximum atomic E-state index is 9.40. The molecule has 1 aliphatic carbocycles. The van der Waals surface area contributed by atoms with Gasteiger partial charge in [0.25, 0.3) is 0 Å². The lowest BCUT2D eigenvalue weighted by molar-refractivity contribution is 0.178. The Morgan fingerprint density at radius 3 is 2.67 bits per heavy atom. The molecule has 0 spiro atoms. The van der Waals surface area contributed by atoms with Crippen molar-refractivity contribution in [3.63, 3.8) is 0 Å². The van der Waals surface area contributed by atoms with Gasteiger partial charge in [-0.1, -0.05) is 18.2 Å². The zero-order valence-electron chi connectivity index (χ0n) is 10.2. The number of benzene rings is 1. The minimum atomic E-state index is -0.140. The average Bonchev–Trinajstić information content (AvgIpc) is 2.74. The summed E-state index contributed by atoms with van der Waals surface area (Å²) in [6, 6.07) is 9.74. The first-order valence-electron chi connectivity index (χ1n) is 6.04. The number of hydrogen-bond acceptors (Lipinski definition) is 2. The van der Waals surface area contributed by atoms with E-state index >= 15 is 0 Å². The molecule has 0 radical (unpaired) electrons. The van der Waals surface area contributed by atoms with Crippen LogP contribution in [0.3, 0.4) is 0 Å². The van der Waals surface area contributed by atoms with Crippen molar-refractivity contribution in [3.05, 3.63) is 30.3 Å². The smallest absolute Gasteiger partial charge is 0.193 e. The lowest BCUT2D eigenvalue weighted by atomic mass is 10.1. The fourth-order valence-corrected chi connectivity index (χ4v) is 2.15. The molecule has 2 rings (SSSR count). The summed E-state index contributed by atoms with van der Waals surface area (Å²) < 4.78 is 0. The van der Waals surface area contributed by atoms with Crippen molar-refractivity contribution >= 4 is 35.6 Å². The molecule has 5 heteroatoms. The maximum absolute atomic E-state index is 9.40. The van der Waals surface area contributed by atoms with Crippen molar-refractivity contribution in [2.24, 2.45) is 16.6 Å². The van der Waals surface area contributed by atoms with E-state index in [-0.39, 0.29) is 30.1 Å². The number of rotatable bonds is 3. The quantitative estimate of drug-likeness (QED) is 0.439. The number of nitrogens with two attached hydrogens (primary N) is 1. The molecule has 0 aliphatic heterocycles. The highest BCUT2D eigenvalue weighted by molar-refractivity contribution is 14.0. The Kier molecular flexibility index (Phi) is 6.42. The first-order valence-corrected chi connectivity index (χ1v) is 6.04. The summed E-state index contributed by atoms with van der Waals surface area (Å²) in [6.45, 7) is 0.697. The monoisotopic (exact) mass is 361 g/mol. The summed E-state index contributed by atoms with van der Waals surface area (Å²) in [7, 11) is 0. The van der Waals surface area contributed by atoms with Crippen LogP contribution >= 0.6 is 24.0 Å². The number of anilines is 1. The zero-order chi connectivity index (χ0) is 12.1. The van der Waals surface area contributed by atoms with Crippen LogP contribution in [0, 0.1) is 5.92 Å². The number of nitrogens with one attached hydrogen (secondary N) is 1. The Balaban J connectivity index is 0.00000162. The highest BCUT2D eigenvalue weighted by Gasteiger charge is 2.22. The van der Waals surface area contributed by atoms with Crippen LogP contribution in [0.2, 0.25) is 0 Å². The molecule has 0 saturated heterocycles. The lowest BCUT2D eigenvalue weighted by Gasteiger charge is -2.08. The number of halogens is 1. The molecular weight excluding hydrogens is 341 g/mol. The molecule has 1 saturated carbocycles. The number of aliphatic hydroxyl groups excluding tert-OH is 1. The van der Waals surface area contributed by atoms with Crippen LogP contribution < -0.4 is 11.1 Å².